The molecule has 8 heteroatoms. The molecule has 0 bridgehead atoms. The van der Waals surface area contributed by atoms with Gasteiger partial charge in [0.25, 0.3) is 5.91 Å². The number of benzene rings is 3. The van der Waals surface area contributed by atoms with Gasteiger partial charge in [0, 0.05) is 23.1 Å². The quantitative estimate of drug-likeness (QED) is 0.562. The molecule has 0 aliphatic carbocycles. The van der Waals surface area contributed by atoms with E-state index in [4.69, 9.17) is 9.47 Å². The van der Waals surface area contributed by atoms with Crippen molar-refractivity contribution in [3.63, 3.8) is 0 Å². The molecule has 0 aromatic heterocycles. The van der Waals surface area contributed by atoms with Crippen LogP contribution in [0.2, 0.25) is 0 Å². The van der Waals surface area contributed by atoms with Crippen LogP contribution in [-0.4, -0.2) is 31.6 Å². The van der Waals surface area contributed by atoms with Crippen molar-refractivity contribution < 1.29 is 23.5 Å². The minimum absolute atomic E-state index is 0.0463. The number of carbonyl (C=O) groups is 2. The molecule has 3 N–H and O–H groups in total. The number of halogens is 1. The zero-order valence-electron chi connectivity index (χ0n) is 16.5. The Bertz CT molecular complexity index is 1100. The summed E-state index contributed by atoms with van der Waals surface area (Å²) in [7, 11) is 0. The van der Waals surface area contributed by atoms with E-state index in [1.165, 1.54) is 24.3 Å². The van der Waals surface area contributed by atoms with E-state index in [2.05, 4.69) is 16.0 Å². The fourth-order valence-corrected chi connectivity index (χ4v) is 3.07. The predicted octanol–water partition coefficient (Wildman–Crippen LogP) is 3.90. The first kappa shape index (κ1) is 20.2. The van der Waals surface area contributed by atoms with Crippen molar-refractivity contribution in [2.75, 3.05) is 35.7 Å². The van der Waals surface area contributed by atoms with Gasteiger partial charge in [-0.2, -0.15) is 0 Å². The van der Waals surface area contributed by atoms with Crippen LogP contribution in [0, 0.1) is 5.82 Å². The van der Waals surface area contributed by atoms with Gasteiger partial charge in [0.2, 0.25) is 5.91 Å². The van der Waals surface area contributed by atoms with Gasteiger partial charge < -0.3 is 25.4 Å². The minimum Gasteiger partial charge on any atom is -0.486 e. The van der Waals surface area contributed by atoms with Crippen LogP contribution in [0.3, 0.4) is 0 Å². The third-order valence-electron chi connectivity index (χ3n) is 4.54. The van der Waals surface area contributed by atoms with E-state index in [1.54, 1.807) is 42.5 Å². The van der Waals surface area contributed by atoms with Crippen LogP contribution >= 0.6 is 0 Å². The van der Waals surface area contributed by atoms with Gasteiger partial charge >= 0.3 is 0 Å². The zero-order chi connectivity index (χ0) is 21.6. The predicted molar refractivity (Wildman–Crippen MR) is 115 cm³/mol. The Balaban J connectivity index is 1.38. The molecule has 4 rings (SSSR count). The average Bonchev–Trinajstić information content (AvgIpc) is 2.79. The topological polar surface area (TPSA) is 88.7 Å². The molecule has 3 aromatic carbocycles. The van der Waals surface area contributed by atoms with E-state index in [-0.39, 0.29) is 24.2 Å². The monoisotopic (exact) mass is 421 g/mol. The highest BCUT2D eigenvalue weighted by molar-refractivity contribution is 6.08. The van der Waals surface area contributed by atoms with Crippen molar-refractivity contribution in [3.8, 4) is 11.5 Å². The highest BCUT2D eigenvalue weighted by Crippen LogP contribution is 2.32. The number of hydrogen-bond donors (Lipinski definition) is 3. The van der Waals surface area contributed by atoms with E-state index in [9.17, 15) is 14.0 Å². The van der Waals surface area contributed by atoms with Crippen LogP contribution in [0.15, 0.2) is 66.7 Å². The molecular formula is C23H20FN3O4. The summed E-state index contributed by atoms with van der Waals surface area (Å²) in [6.45, 7) is 0.911. The van der Waals surface area contributed by atoms with E-state index in [1.807, 2.05) is 0 Å². The Hall–Kier alpha value is -4.07. The Labute approximate surface area is 178 Å². The Kier molecular flexibility index (Phi) is 5.98. The molecule has 0 saturated carbocycles. The lowest BCUT2D eigenvalue weighted by atomic mass is 10.1. The summed E-state index contributed by atoms with van der Waals surface area (Å²) in [6, 6.07) is 17.5. The highest BCUT2D eigenvalue weighted by Gasteiger charge is 2.14. The fourth-order valence-electron chi connectivity index (χ4n) is 3.07. The summed E-state index contributed by atoms with van der Waals surface area (Å²) in [4.78, 5) is 25.0. The lowest BCUT2D eigenvalue weighted by Crippen LogP contribution is -2.23. The molecule has 0 atom stereocenters. The molecule has 7 nitrogen and oxygen atoms in total. The third kappa shape index (κ3) is 5.11. The maximum atomic E-state index is 13.1. The van der Waals surface area contributed by atoms with Crippen LogP contribution < -0.4 is 25.4 Å². The standard InChI is InChI=1S/C23H20FN3O4/c24-15-5-7-16(8-6-15)27-23(29)18-3-1-2-4-19(18)25-14-22(28)26-17-9-10-20-21(13-17)31-12-11-30-20/h1-10,13,25H,11-12,14H2,(H,26,28)(H,27,29). The lowest BCUT2D eigenvalue weighted by molar-refractivity contribution is -0.114. The van der Waals surface area contributed by atoms with Crippen molar-refractivity contribution >= 4 is 28.9 Å². The molecule has 0 radical (unpaired) electrons. The normalized spacial score (nSPS) is 12.0. The summed E-state index contributed by atoms with van der Waals surface area (Å²) in [5.74, 6) is 0.180. The van der Waals surface area contributed by atoms with Gasteiger partial charge in [0.15, 0.2) is 11.5 Å². The van der Waals surface area contributed by atoms with Crippen LogP contribution in [0.5, 0.6) is 11.5 Å². The Morgan fingerprint density at radius 3 is 2.35 bits per heavy atom. The highest BCUT2D eigenvalue weighted by atomic mass is 19.1. The second kappa shape index (κ2) is 9.17. The van der Waals surface area contributed by atoms with Crippen LogP contribution in [0.1, 0.15) is 10.4 Å². The number of amides is 2. The average molecular weight is 421 g/mol. The number of fused-ring (bicyclic) bond motifs is 1. The number of ether oxygens (including phenoxy) is 2. The SMILES string of the molecule is O=C(CNc1ccccc1C(=O)Nc1ccc(F)cc1)Nc1ccc2c(c1)OCCO2. The first-order chi connectivity index (χ1) is 15.1. The molecular weight excluding hydrogens is 401 g/mol. The minimum atomic E-state index is -0.385. The molecule has 1 aliphatic rings. The molecule has 31 heavy (non-hydrogen) atoms. The van der Waals surface area contributed by atoms with Crippen molar-refractivity contribution in [3.05, 3.63) is 78.1 Å². The smallest absolute Gasteiger partial charge is 0.257 e. The van der Waals surface area contributed by atoms with Gasteiger partial charge in [-0.05, 0) is 48.5 Å². The first-order valence-corrected chi connectivity index (χ1v) is 9.68. The second-order valence-electron chi connectivity index (χ2n) is 6.77. The third-order valence-corrected chi connectivity index (χ3v) is 4.54. The summed E-state index contributed by atoms with van der Waals surface area (Å²) < 4.78 is 24.0. The maximum absolute atomic E-state index is 13.1. The zero-order valence-corrected chi connectivity index (χ0v) is 16.5. The number of carbonyl (C=O) groups excluding carboxylic acids is 2. The lowest BCUT2D eigenvalue weighted by Gasteiger charge is -2.19. The number of rotatable bonds is 6. The van der Waals surface area contributed by atoms with Crippen molar-refractivity contribution in [2.24, 2.45) is 0 Å². The summed E-state index contributed by atoms with van der Waals surface area (Å²) in [6.07, 6.45) is 0. The van der Waals surface area contributed by atoms with Gasteiger partial charge in [-0.1, -0.05) is 12.1 Å². The van der Waals surface area contributed by atoms with Gasteiger partial charge in [0.05, 0.1) is 12.1 Å². The van der Waals surface area contributed by atoms with Crippen LogP contribution in [0.4, 0.5) is 21.5 Å². The molecule has 1 heterocycles. The maximum Gasteiger partial charge on any atom is 0.257 e. The van der Waals surface area contributed by atoms with Gasteiger partial charge in [-0.15, -0.1) is 0 Å². The van der Waals surface area contributed by atoms with Crippen molar-refractivity contribution in [1.82, 2.24) is 0 Å². The summed E-state index contributed by atoms with van der Waals surface area (Å²) in [5, 5.41) is 8.48. The molecule has 3 aromatic rings. The second-order valence-corrected chi connectivity index (χ2v) is 6.77. The van der Waals surface area contributed by atoms with Gasteiger partial charge in [0.1, 0.15) is 19.0 Å². The molecule has 0 spiro atoms. The number of para-hydroxylation sites is 1. The molecule has 0 unspecified atom stereocenters. The molecule has 0 fully saturated rings. The largest absolute Gasteiger partial charge is 0.486 e. The molecule has 0 saturated heterocycles. The van der Waals surface area contributed by atoms with E-state index < -0.39 is 0 Å². The number of hydrogen-bond acceptors (Lipinski definition) is 5. The van der Waals surface area contributed by atoms with Crippen molar-refractivity contribution in [2.45, 2.75) is 0 Å². The van der Waals surface area contributed by atoms with E-state index >= 15 is 0 Å². The molecule has 158 valence electrons. The summed E-state index contributed by atoms with van der Waals surface area (Å²) in [5.41, 5.74) is 1.91. The van der Waals surface area contributed by atoms with Gasteiger partial charge in [-0.25, -0.2) is 4.39 Å². The number of anilines is 3. The van der Waals surface area contributed by atoms with Crippen molar-refractivity contribution in [1.29, 1.82) is 0 Å². The molecule has 1 aliphatic heterocycles. The molecule has 2 amide bonds. The van der Waals surface area contributed by atoms with Crippen LogP contribution in [-0.2, 0) is 4.79 Å². The Morgan fingerprint density at radius 1 is 0.839 bits per heavy atom. The fraction of sp³-hybridized carbons (Fsp3) is 0.130. The Morgan fingerprint density at radius 2 is 1.55 bits per heavy atom. The van der Waals surface area contributed by atoms with E-state index in [0.717, 1.165) is 0 Å². The summed E-state index contributed by atoms with van der Waals surface area (Å²) >= 11 is 0. The first-order valence-electron chi connectivity index (χ1n) is 9.68. The van der Waals surface area contributed by atoms with Crippen LogP contribution in [0.25, 0.3) is 0 Å². The van der Waals surface area contributed by atoms with E-state index in [0.29, 0.717) is 47.3 Å². The number of nitrogens with one attached hydrogen (secondary N) is 3. The van der Waals surface area contributed by atoms with Gasteiger partial charge in [-0.3, -0.25) is 9.59 Å².